The summed E-state index contributed by atoms with van der Waals surface area (Å²) >= 11 is 0. The van der Waals surface area contributed by atoms with Crippen LogP contribution in [-0.4, -0.2) is 42.6 Å². The first-order chi connectivity index (χ1) is 15.5. The number of benzene rings is 2. The summed E-state index contributed by atoms with van der Waals surface area (Å²) in [4.78, 5) is 26.7. The molecule has 0 radical (unpaired) electrons. The zero-order chi connectivity index (χ0) is 22.9. The van der Waals surface area contributed by atoms with E-state index >= 15 is 0 Å². The lowest BCUT2D eigenvalue weighted by atomic mass is 10.1. The Morgan fingerprint density at radius 3 is 2.81 bits per heavy atom. The second-order valence-corrected chi connectivity index (χ2v) is 7.83. The van der Waals surface area contributed by atoms with Gasteiger partial charge in [0.15, 0.2) is 0 Å². The predicted molar refractivity (Wildman–Crippen MR) is 122 cm³/mol. The number of terminal acetylenes is 1. The molecular weight excluding hydrogens is 409 g/mol. The number of hydrogen-bond acceptors (Lipinski definition) is 3. The van der Waals surface area contributed by atoms with Gasteiger partial charge >= 0.3 is 6.03 Å². The van der Waals surface area contributed by atoms with Crippen molar-refractivity contribution in [3.8, 4) is 12.3 Å². The number of carbonyl (C=O) groups excluding carboxylic acids is 2. The minimum Gasteiger partial charge on any atom is -0.376 e. The van der Waals surface area contributed by atoms with Gasteiger partial charge in [-0.05, 0) is 49.1 Å². The first-order valence-corrected chi connectivity index (χ1v) is 10.7. The van der Waals surface area contributed by atoms with E-state index in [2.05, 4.69) is 16.6 Å². The Labute approximate surface area is 188 Å². The van der Waals surface area contributed by atoms with Crippen molar-refractivity contribution in [2.45, 2.75) is 38.3 Å². The Hall–Kier alpha value is -3.37. The molecule has 2 N–H and O–H groups in total. The van der Waals surface area contributed by atoms with Crippen molar-refractivity contribution in [3.05, 3.63) is 65.5 Å². The van der Waals surface area contributed by atoms with Crippen molar-refractivity contribution in [3.63, 3.8) is 0 Å². The van der Waals surface area contributed by atoms with Crippen LogP contribution < -0.4 is 10.6 Å². The van der Waals surface area contributed by atoms with Gasteiger partial charge in [-0.15, -0.1) is 6.42 Å². The molecule has 2 aromatic rings. The van der Waals surface area contributed by atoms with Crippen LogP contribution in [-0.2, 0) is 16.0 Å². The van der Waals surface area contributed by atoms with E-state index in [0.717, 1.165) is 18.4 Å². The van der Waals surface area contributed by atoms with Crippen LogP contribution in [0.5, 0.6) is 0 Å². The molecule has 2 aromatic carbocycles. The highest BCUT2D eigenvalue weighted by Gasteiger charge is 2.23. The minimum atomic E-state index is -0.410. The molecule has 1 fully saturated rings. The molecule has 1 aliphatic rings. The van der Waals surface area contributed by atoms with Crippen molar-refractivity contribution >= 4 is 17.6 Å². The Morgan fingerprint density at radius 1 is 1.28 bits per heavy atom. The Bertz CT molecular complexity index is 982. The number of anilines is 1. The molecule has 1 saturated heterocycles. The number of amides is 3. The summed E-state index contributed by atoms with van der Waals surface area (Å²) in [6.45, 7) is 3.22. The fourth-order valence-corrected chi connectivity index (χ4v) is 3.63. The minimum absolute atomic E-state index is 0.0115. The van der Waals surface area contributed by atoms with Gasteiger partial charge in [0.1, 0.15) is 5.82 Å². The molecule has 2 atom stereocenters. The molecule has 6 nitrogen and oxygen atoms in total. The third-order valence-corrected chi connectivity index (χ3v) is 5.34. The standard InChI is InChI=1S/C25H28FN3O3/c1-3-13-29(17-22-11-7-14-32-22)25(31)27-18(2)19-9-6-10-21(15-19)28-24(30)16-20-8-4-5-12-23(20)26/h1,4-6,8-10,12,15,18,22H,7,11,13-14,16-17H2,2H3,(H,27,31)(H,28,30)/t18-,22+/m0/s1. The fourth-order valence-electron chi connectivity index (χ4n) is 3.63. The third-order valence-electron chi connectivity index (χ3n) is 5.34. The van der Waals surface area contributed by atoms with Crippen LogP contribution in [0.15, 0.2) is 48.5 Å². The Kier molecular flexibility index (Phi) is 8.23. The van der Waals surface area contributed by atoms with Gasteiger partial charge in [-0.3, -0.25) is 4.79 Å². The molecule has 0 saturated carbocycles. The first kappa shape index (κ1) is 23.3. The van der Waals surface area contributed by atoms with Crippen LogP contribution in [0.2, 0.25) is 0 Å². The van der Waals surface area contributed by atoms with Crippen LogP contribution in [0.3, 0.4) is 0 Å². The number of urea groups is 1. The van der Waals surface area contributed by atoms with E-state index in [0.29, 0.717) is 24.4 Å². The van der Waals surface area contributed by atoms with Gasteiger partial charge in [0.2, 0.25) is 5.91 Å². The molecule has 0 spiro atoms. The maximum atomic E-state index is 13.8. The van der Waals surface area contributed by atoms with Crippen molar-refractivity contribution in [1.82, 2.24) is 10.2 Å². The Morgan fingerprint density at radius 2 is 2.09 bits per heavy atom. The predicted octanol–water partition coefficient (Wildman–Crippen LogP) is 3.89. The van der Waals surface area contributed by atoms with Gasteiger partial charge in [-0.2, -0.15) is 0 Å². The highest BCUT2D eigenvalue weighted by molar-refractivity contribution is 5.92. The smallest absolute Gasteiger partial charge is 0.318 e. The summed E-state index contributed by atoms with van der Waals surface area (Å²) in [6.07, 6.45) is 7.29. The molecule has 168 valence electrons. The Balaban J connectivity index is 1.59. The highest BCUT2D eigenvalue weighted by atomic mass is 19.1. The lowest BCUT2D eigenvalue weighted by molar-refractivity contribution is -0.115. The van der Waals surface area contributed by atoms with E-state index in [4.69, 9.17) is 11.2 Å². The van der Waals surface area contributed by atoms with E-state index in [9.17, 15) is 14.0 Å². The van der Waals surface area contributed by atoms with Gasteiger partial charge in [-0.25, -0.2) is 9.18 Å². The van der Waals surface area contributed by atoms with E-state index in [1.54, 1.807) is 41.3 Å². The zero-order valence-corrected chi connectivity index (χ0v) is 18.1. The van der Waals surface area contributed by atoms with Crippen molar-refractivity contribution in [2.24, 2.45) is 0 Å². The van der Waals surface area contributed by atoms with E-state index in [1.807, 2.05) is 13.0 Å². The third kappa shape index (κ3) is 6.56. The maximum Gasteiger partial charge on any atom is 0.318 e. The van der Waals surface area contributed by atoms with E-state index in [-0.39, 0.29) is 37.0 Å². The summed E-state index contributed by atoms with van der Waals surface area (Å²) in [5, 5.41) is 5.74. The van der Waals surface area contributed by atoms with Crippen LogP contribution in [0.4, 0.5) is 14.9 Å². The highest BCUT2D eigenvalue weighted by Crippen LogP contribution is 2.19. The van der Waals surface area contributed by atoms with E-state index < -0.39 is 5.82 Å². The topological polar surface area (TPSA) is 70.7 Å². The number of hydrogen-bond donors (Lipinski definition) is 2. The average molecular weight is 438 g/mol. The number of nitrogens with zero attached hydrogens (tertiary/aromatic N) is 1. The van der Waals surface area contributed by atoms with Gasteiger partial charge in [0, 0.05) is 18.8 Å². The molecule has 3 amide bonds. The molecule has 1 heterocycles. The monoisotopic (exact) mass is 437 g/mol. The van der Waals surface area contributed by atoms with Crippen LogP contribution in [0.25, 0.3) is 0 Å². The number of carbonyl (C=O) groups is 2. The second-order valence-electron chi connectivity index (χ2n) is 7.83. The summed E-state index contributed by atoms with van der Waals surface area (Å²) in [6, 6.07) is 12.8. The number of nitrogens with one attached hydrogen (secondary N) is 2. The summed E-state index contributed by atoms with van der Waals surface area (Å²) < 4.78 is 19.4. The van der Waals surface area contributed by atoms with Crippen LogP contribution in [0.1, 0.15) is 36.9 Å². The van der Waals surface area contributed by atoms with Crippen LogP contribution in [0, 0.1) is 18.2 Å². The first-order valence-electron chi connectivity index (χ1n) is 10.7. The lowest BCUT2D eigenvalue weighted by Crippen LogP contribution is -2.44. The van der Waals surface area contributed by atoms with Gasteiger partial charge in [-0.1, -0.05) is 36.3 Å². The number of ether oxygens (including phenoxy) is 1. The SMILES string of the molecule is C#CCN(C[C@H]1CCCO1)C(=O)N[C@@H](C)c1cccc(NC(=O)Cc2ccccc2F)c1. The lowest BCUT2D eigenvalue weighted by Gasteiger charge is -2.26. The zero-order valence-electron chi connectivity index (χ0n) is 18.1. The quantitative estimate of drug-likeness (QED) is 0.616. The molecule has 1 aliphatic heterocycles. The molecular formula is C25H28FN3O3. The molecule has 0 aliphatic carbocycles. The number of rotatable bonds is 8. The molecule has 0 bridgehead atoms. The molecule has 0 unspecified atom stereocenters. The number of halogens is 1. The molecule has 0 aromatic heterocycles. The summed E-state index contributed by atoms with van der Waals surface area (Å²) in [7, 11) is 0. The second kappa shape index (κ2) is 11.3. The molecule has 7 heteroatoms. The largest absolute Gasteiger partial charge is 0.376 e. The molecule has 32 heavy (non-hydrogen) atoms. The van der Waals surface area contributed by atoms with Crippen LogP contribution >= 0.6 is 0 Å². The van der Waals surface area contributed by atoms with Gasteiger partial charge in [0.25, 0.3) is 0 Å². The van der Waals surface area contributed by atoms with Gasteiger partial charge < -0.3 is 20.3 Å². The molecule has 3 rings (SSSR count). The van der Waals surface area contributed by atoms with E-state index in [1.165, 1.54) is 6.07 Å². The summed E-state index contributed by atoms with van der Waals surface area (Å²) in [5.74, 6) is 1.80. The maximum absolute atomic E-state index is 13.8. The fraction of sp³-hybridized carbons (Fsp3) is 0.360. The van der Waals surface area contributed by atoms with Crippen molar-refractivity contribution in [1.29, 1.82) is 0 Å². The van der Waals surface area contributed by atoms with Gasteiger partial charge in [0.05, 0.1) is 25.1 Å². The normalized spacial score (nSPS) is 16.1. The average Bonchev–Trinajstić information content (AvgIpc) is 3.28. The van der Waals surface area contributed by atoms with Crippen molar-refractivity contribution < 1.29 is 18.7 Å². The van der Waals surface area contributed by atoms with Crippen molar-refractivity contribution in [2.75, 3.05) is 25.0 Å². The summed E-state index contributed by atoms with van der Waals surface area (Å²) in [5.41, 5.74) is 1.73.